The molecule has 0 saturated carbocycles. The topological polar surface area (TPSA) is 107 Å². The van der Waals surface area contributed by atoms with Crippen molar-refractivity contribution < 1.29 is 37.0 Å². The van der Waals surface area contributed by atoms with Crippen LogP contribution >= 0.6 is 11.3 Å². The van der Waals surface area contributed by atoms with Crippen molar-refractivity contribution in [2.45, 2.75) is 6.18 Å². The van der Waals surface area contributed by atoms with Crippen LogP contribution in [0, 0.1) is 11.6 Å². The monoisotopic (exact) mass is 520 g/mol. The SMILES string of the molecule is O=C(O)c1cc(/N=N\c2cc(-c3csc(Nc4cccc(C(F)(F)F)c4)n3)c(F)cc2F)ccc1O. The molecule has 1 aromatic heterocycles. The molecule has 184 valence electrons. The number of carboxylic acids is 1. The van der Waals surface area contributed by atoms with Crippen LogP contribution in [0.2, 0.25) is 0 Å². The average molecular weight is 520 g/mol. The number of carbonyl (C=O) groups is 1. The van der Waals surface area contributed by atoms with E-state index in [1.54, 1.807) is 0 Å². The van der Waals surface area contributed by atoms with E-state index in [0.717, 1.165) is 41.7 Å². The Morgan fingerprint density at radius 3 is 2.50 bits per heavy atom. The van der Waals surface area contributed by atoms with Crippen LogP contribution in [0.4, 0.5) is 44.1 Å². The predicted octanol–water partition coefficient (Wildman–Crippen LogP) is 7.67. The first kappa shape index (κ1) is 24.7. The van der Waals surface area contributed by atoms with Gasteiger partial charge in [0.05, 0.1) is 16.9 Å². The molecule has 1 heterocycles. The second-order valence-corrected chi connectivity index (χ2v) is 8.09. The lowest BCUT2D eigenvalue weighted by molar-refractivity contribution is -0.137. The van der Waals surface area contributed by atoms with Crippen molar-refractivity contribution in [3.8, 4) is 17.0 Å². The molecule has 4 aromatic rings. The minimum Gasteiger partial charge on any atom is -0.507 e. The number of alkyl halides is 3. The molecule has 0 amide bonds. The fraction of sp³-hybridized carbons (Fsp3) is 0.0435. The van der Waals surface area contributed by atoms with Crippen LogP contribution in [-0.2, 0) is 6.18 Å². The first-order chi connectivity index (χ1) is 17.0. The van der Waals surface area contributed by atoms with Crippen molar-refractivity contribution in [2.24, 2.45) is 10.2 Å². The summed E-state index contributed by atoms with van der Waals surface area (Å²) in [6, 6.07) is 9.42. The number of hydrogen-bond donors (Lipinski definition) is 3. The quantitative estimate of drug-likeness (QED) is 0.179. The molecule has 4 rings (SSSR count). The third-order valence-corrected chi connectivity index (χ3v) is 5.50. The molecule has 3 N–H and O–H groups in total. The number of hydrogen-bond acceptors (Lipinski definition) is 7. The molecule has 0 radical (unpaired) electrons. The van der Waals surface area contributed by atoms with Gasteiger partial charge in [-0.05, 0) is 42.5 Å². The molecule has 0 fully saturated rings. The molecule has 0 aliphatic rings. The lowest BCUT2D eigenvalue weighted by atomic mass is 10.1. The summed E-state index contributed by atoms with van der Waals surface area (Å²) in [6.45, 7) is 0. The number of thiazole rings is 1. The lowest BCUT2D eigenvalue weighted by Crippen LogP contribution is -2.05. The van der Waals surface area contributed by atoms with Gasteiger partial charge in [-0.15, -0.1) is 16.5 Å². The molecule has 36 heavy (non-hydrogen) atoms. The molecule has 7 nitrogen and oxygen atoms in total. The van der Waals surface area contributed by atoms with Gasteiger partial charge >= 0.3 is 12.1 Å². The Kier molecular flexibility index (Phi) is 6.66. The van der Waals surface area contributed by atoms with Crippen molar-refractivity contribution in [1.29, 1.82) is 0 Å². The summed E-state index contributed by atoms with van der Waals surface area (Å²) >= 11 is 0.990. The number of halogens is 5. The van der Waals surface area contributed by atoms with E-state index in [1.165, 1.54) is 23.6 Å². The van der Waals surface area contributed by atoms with Crippen molar-refractivity contribution in [3.63, 3.8) is 0 Å². The van der Waals surface area contributed by atoms with Crippen LogP contribution in [-0.4, -0.2) is 21.2 Å². The highest BCUT2D eigenvalue weighted by molar-refractivity contribution is 7.14. The highest BCUT2D eigenvalue weighted by Gasteiger charge is 2.30. The van der Waals surface area contributed by atoms with Gasteiger partial charge in [0.15, 0.2) is 10.9 Å². The number of nitrogens with zero attached hydrogens (tertiary/aromatic N) is 3. The number of aromatic nitrogens is 1. The zero-order chi connectivity index (χ0) is 26.0. The summed E-state index contributed by atoms with van der Waals surface area (Å²) in [4.78, 5) is 15.3. The maximum Gasteiger partial charge on any atom is 0.416 e. The zero-order valence-electron chi connectivity index (χ0n) is 17.7. The van der Waals surface area contributed by atoms with E-state index in [1.807, 2.05) is 0 Å². The number of carboxylic acid groups (broad SMARTS) is 1. The molecular formula is C23H13F5N4O3S. The van der Waals surface area contributed by atoms with E-state index < -0.39 is 40.7 Å². The first-order valence-corrected chi connectivity index (χ1v) is 10.8. The lowest BCUT2D eigenvalue weighted by Gasteiger charge is -2.09. The number of aromatic carboxylic acids is 1. The van der Waals surface area contributed by atoms with Gasteiger partial charge in [-0.3, -0.25) is 0 Å². The summed E-state index contributed by atoms with van der Waals surface area (Å²) < 4.78 is 67.6. The highest BCUT2D eigenvalue weighted by Crippen LogP contribution is 2.35. The third-order valence-electron chi connectivity index (χ3n) is 4.74. The number of anilines is 2. The second-order valence-electron chi connectivity index (χ2n) is 7.23. The molecule has 3 aromatic carbocycles. The fourth-order valence-electron chi connectivity index (χ4n) is 3.03. The maximum absolute atomic E-state index is 14.5. The predicted molar refractivity (Wildman–Crippen MR) is 121 cm³/mol. The number of rotatable bonds is 6. The van der Waals surface area contributed by atoms with Crippen LogP contribution in [0.3, 0.4) is 0 Å². The highest BCUT2D eigenvalue weighted by atomic mass is 32.1. The van der Waals surface area contributed by atoms with E-state index in [-0.39, 0.29) is 33.5 Å². The Hall–Kier alpha value is -4.39. The third kappa shape index (κ3) is 5.46. The Bertz CT molecular complexity index is 1490. The average Bonchev–Trinajstić information content (AvgIpc) is 3.27. The Morgan fingerprint density at radius 1 is 1.00 bits per heavy atom. The van der Waals surface area contributed by atoms with Crippen LogP contribution in [0.25, 0.3) is 11.3 Å². The molecule has 0 aliphatic carbocycles. The number of nitrogens with one attached hydrogen (secondary N) is 1. The van der Waals surface area contributed by atoms with E-state index in [0.29, 0.717) is 6.07 Å². The number of phenols is 1. The van der Waals surface area contributed by atoms with Gasteiger partial charge in [0.25, 0.3) is 0 Å². The largest absolute Gasteiger partial charge is 0.507 e. The van der Waals surface area contributed by atoms with Gasteiger partial charge in [0, 0.05) is 22.7 Å². The van der Waals surface area contributed by atoms with Gasteiger partial charge < -0.3 is 15.5 Å². The number of benzene rings is 3. The summed E-state index contributed by atoms with van der Waals surface area (Å²) in [5.74, 6) is -3.90. The van der Waals surface area contributed by atoms with Gasteiger partial charge in [-0.1, -0.05) is 6.07 Å². The first-order valence-electron chi connectivity index (χ1n) is 9.88. The second kappa shape index (κ2) is 9.70. The van der Waals surface area contributed by atoms with Gasteiger partial charge in [-0.25, -0.2) is 18.6 Å². The molecule has 0 saturated heterocycles. The van der Waals surface area contributed by atoms with E-state index in [4.69, 9.17) is 5.11 Å². The molecule has 13 heteroatoms. The summed E-state index contributed by atoms with van der Waals surface area (Å²) in [5, 5.41) is 30.4. The van der Waals surface area contributed by atoms with Crippen molar-refractivity contribution in [2.75, 3.05) is 5.32 Å². The molecule has 0 unspecified atom stereocenters. The van der Waals surface area contributed by atoms with Crippen molar-refractivity contribution in [1.82, 2.24) is 4.98 Å². The summed E-state index contributed by atoms with van der Waals surface area (Å²) in [6.07, 6.45) is -4.52. The Labute approximate surface area is 203 Å². The van der Waals surface area contributed by atoms with Crippen LogP contribution in [0.5, 0.6) is 5.75 Å². The Balaban J connectivity index is 1.60. The molecule has 0 aliphatic heterocycles. The van der Waals surface area contributed by atoms with Crippen LogP contribution in [0.15, 0.2) is 70.2 Å². The fourth-order valence-corrected chi connectivity index (χ4v) is 3.76. The smallest absolute Gasteiger partial charge is 0.416 e. The van der Waals surface area contributed by atoms with Crippen LogP contribution < -0.4 is 5.32 Å². The number of azo groups is 1. The summed E-state index contributed by atoms with van der Waals surface area (Å²) in [7, 11) is 0. The van der Waals surface area contributed by atoms with E-state index >= 15 is 0 Å². The minimum atomic E-state index is -4.52. The molecule has 0 spiro atoms. The normalized spacial score (nSPS) is 11.7. The minimum absolute atomic E-state index is 0.00305. The van der Waals surface area contributed by atoms with Crippen molar-refractivity contribution in [3.05, 3.63) is 82.7 Å². The van der Waals surface area contributed by atoms with Gasteiger partial charge in [0.1, 0.15) is 22.8 Å². The number of aromatic hydroxyl groups is 1. The molecular weight excluding hydrogens is 507 g/mol. The Morgan fingerprint density at radius 2 is 1.78 bits per heavy atom. The van der Waals surface area contributed by atoms with E-state index in [2.05, 4.69) is 20.5 Å². The summed E-state index contributed by atoms with van der Waals surface area (Å²) in [5.41, 5.74) is -1.62. The van der Waals surface area contributed by atoms with Crippen LogP contribution in [0.1, 0.15) is 15.9 Å². The standard InChI is InChI=1S/C23H13F5N4O3S/c24-16-9-17(25)18(32-31-13-4-5-20(33)15(7-13)21(34)35)8-14(16)19-10-36-22(30-19)29-12-3-1-2-11(6-12)23(26,27)28/h1-10,33H,(H,29,30)(H,34,35)/b32-31-. The van der Waals surface area contributed by atoms with Crippen molar-refractivity contribution >= 4 is 39.5 Å². The molecule has 0 bridgehead atoms. The molecule has 0 atom stereocenters. The van der Waals surface area contributed by atoms with Gasteiger partial charge in [0.2, 0.25) is 0 Å². The maximum atomic E-state index is 14.5. The zero-order valence-corrected chi connectivity index (χ0v) is 18.5. The van der Waals surface area contributed by atoms with E-state index in [9.17, 15) is 31.9 Å². The van der Waals surface area contributed by atoms with Gasteiger partial charge in [-0.2, -0.15) is 18.3 Å².